The summed E-state index contributed by atoms with van der Waals surface area (Å²) in [5, 5.41) is 10.5. The standard InChI is InChI=1S/C8H9N3O3/c1-4-6(11(13)14)3-10-5(2)7(4)8(9)12/h3H,1-2H3,(H2,9,12). The second-order valence-electron chi connectivity index (χ2n) is 2.85. The summed E-state index contributed by atoms with van der Waals surface area (Å²) in [5.74, 6) is -0.698. The Balaban J connectivity index is 3.49. The van der Waals surface area contributed by atoms with Crippen molar-refractivity contribution in [1.82, 2.24) is 4.98 Å². The van der Waals surface area contributed by atoms with Gasteiger partial charge in [-0.3, -0.25) is 19.9 Å². The maximum atomic E-state index is 11.0. The third-order valence-corrected chi connectivity index (χ3v) is 1.94. The SMILES string of the molecule is Cc1ncc([N+](=O)[O-])c(C)c1C(N)=O. The van der Waals surface area contributed by atoms with Gasteiger partial charge in [0.25, 0.3) is 11.6 Å². The van der Waals surface area contributed by atoms with Crippen molar-refractivity contribution in [3.8, 4) is 0 Å². The molecule has 0 radical (unpaired) electrons. The molecule has 1 amide bonds. The first-order chi connectivity index (χ1) is 6.45. The van der Waals surface area contributed by atoms with Gasteiger partial charge in [0.2, 0.25) is 0 Å². The van der Waals surface area contributed by atoms with Crippen molar-refractivity contribution >= 4 is 11.6 Å². The van der Waals surface area contributed by atoms with Crippen LogP contribution in [-0.4, -0.2) is 15.8 Å². The molecule has 0 aliphatic heterocycles. The van der Waals surface area contributed by atoms with Gasteiger partial charge in [-0.15, -0.1) is 0 Å². The molecule has 1 aromatic heterocycles. The topological polar surface area (TPSA) is 99.1 Å². The molecule has 1 rings (SSSR count). The van der Waals surface area contributed by atoms with Gasteiger partial charge in [0.1, 0.15) is 6.20 Å². The van der Waals surface area contributed by atoms with Crippen molar-refractivity contribution < 1.29 is 9.72 Å². The van der Waals surface area contributed by atoms with E-state index < -0.39 is 10.8 Å². The molecule has 0 aromatic carbocycles. The summed E-state index contributed by atoms with van der Waals surface area (Å²) in [4.78, 5) is 24.6. The van der Waals surface area contributed by atoms with Gasteiger partial charge in [0.15, 0.2) is 0 Å². The van der Waals surface area contributed by atoms with Crippen LogP contribution in [0.15, 0.2) is 6.20 Å². The Morgan fingerprint density at radius 3 is 2.57 bits per heavy atom. The van der Waals surface area contributed by atoms with Crippen LogP contribution in [0.3, 0.4) is 0 Å². The summed E-state index contributed by atoms with van der Waals surface area (Å²) in [5.41, 5.74) is 5.68. The molecule has 0 fully saturated rings. The number of hydrogen-bond acceptors (Lipinski definition) is 4. The second-order valence-corrected chi connectivity index (χ2v) is 2.85. The minimum absolute atomic E-state index is 0.124. The number of rotatable bonds is 2. The molecule has 0 saturated heterocycles. The van der Waals surface area contributed by atoms with Crippen LogP contribution in [-0.2, 0) is 0 Å². The molecule has 1 heterocycles. The summed E-state index contributed by atoms with van der Waals surface area (Å²) < 4.78 is 0. The van der Waals surface area contributed by atoms with E-state index >= 15 is 0 Å². The molecule has 0 unspecified atom stereocenters. The highest BCUT2D eigenvalue weighted by atomic mass is 16.6. The molecule has 6 nitrogen and oxygen atoms in total. The number of aryl methyl sites for hydroxylation is 1. The molecular formula is C8H9N3O3. The maximum absolute atomic E-state index is 11.0. The molecule has 0 bridgehead atoms. The highest BCUT2D eigenvalue weighted by Crippen LogP contribution is 2.21. The highest BCUT2D eigenvalue weighted by molar-refractivity contribution is 5.96. The normalized spacial score (nSPS) is 9.86. The molecule has 0 spiro atoms. The smallest absolute Gasteiger partial charge is 0.291 e. The van der Waals surface area contributed by atoms with E-state index in [-0.39, 0.29) is 16.8 Å². The summed E-state index contributed by atoms with van der Waals surface area (Å²) in [6.07, 6.45) is 1.12. The molecule has 74 valence electrons. The van der Waals surface area contributed by atoms with Crippen molar-refractivity contribution in [2.75, 3.05) is 0 Å². The van der Waals surface area contributed by atoms with E-state index in [1.807, 2.05) is 0 Å². The zero-order chi connectivity index (χ0) is 10.9. The van der Waals surface area contributed by atoms with E-state index in [9.17, 15) is 14.9 Å². The highest BCUT2D eigenvalue weighted by Gasteiger charge is 2.19. The summed E-state index contributed by atoms with van der Waals surface area (Å²) in [6.45, 7) is 3.06. The number of nitrogens with zero attached hydrogens (tertiary/aromatic N) is 2. The van der Waals surface area contributed by atoms with Gasteiger partial charge in [0.05, 0.1) is 16.2 Å². The Kier molecular flexibility index (Phi) is 2.46. The fourth-order valence-electron chi connectivity index (χ4n) is 1.27. The average molecular weight is 195 g/mol. The summed E-state index contributed by atoms with van der Waals surface area (Å²) in [7, 11) is 0. The zero-order valence-corrected chi connectivity index (χ0v) is 7.77. The van der Waals surface area contributed by atoms with Gasteiger partial charge in [-0.2, -0.15) is 0 Å². The third-order valence-electron chi connectivity index (χ3n) is 1.94. The number of aromatic nitrogens is 1. The number of nitro groups is 1. The first-order valence-corrected chi connectivity index (χ1v) is 3.85. The largest absolute Gasteiger partial charge is 0.366 e. The van der Waals surface area contributed by atoms with E-state index in [1.165, 1.54) is 6.92 Å². The van der Waals surface area contributed by atoms with E-state index in [1.54, 1.807) is 6.92 Å². The fourth-order valence-corrected chi connectivity index (χ4v) is 1.27. The minimum Gasteiger partial charge on any atom is -0.366 e. The maximum Gasteiger partial charge on any atom is 0.291 e. The van der Waals surface area contributed by atoms with Crippen molar-refractivity contribution in [3.63, 3.8) is 0 Å². The molecule has 6 heteroatoms. The number of carbonyl (C=O) groups is 1. The summed E-state index contributed by atoms with van der Waals surface area (Å²) in [6, 6.07) is 0. The lowest BCUT2D eigenvalue weighted by Gasteiger charge is -2.04. The number of carbonyl (C=O) groups excluding carboxylic acids is 1. The van der Waals surface area contributed by atoms with Crippen LogP contribution in [0.2, 0.25) is 0 Å². The van der Waals surface area contributed by atoms with Gasteiger partial charge >= 0.3 is 0 Å². The van der Waals surface area contributed by atoms with Crippen molar-refractivity contribution in [2.45, 2.75) is 13.8 Å². The number of primary amides is 1. The van der Waals surface area contributed by atoms with E-state index in [2.05, 4.69) is 4.98 Å². The zero-order valence-electron chi connectivity index (χ0n) is 7.77. The Morgan fingerprint density at radius 2 is 2.14 bits per heavy atom. The Bertz CT molecular complexity index is 415. The minimum atomic E-state index is -0.698. The van der Waals surface area contributed by atoms with Gasteiger partial charge in [0, 0.05) is 5.56 Å². The van der Waals surface area contributed by atoms with Crippen LogP contribution in [0, 0.1) is 24.0 Å². The summed E-state index contributed by atoms with van der Waals surface area (Å²) >= 11 is 0. The predicted molar refractivity (Wildman–Crippen MR) is 48.9 cm³/mol. The van der Waals surface area contributed by atoms with Gasteiger partial charge < -0.3 is 5.73 Å². The fraction of sp³-hybridized carbons (Fsp3) is 0.250. The number of pyridine rings is 1. The van der Waals surface area contributed by atoms with Crippen molar-refractivity contribution in [1.29, 1.82) is 0 Å². The number of nitrogens with two attached hydrogens (primary N) is 1. The van der Waals surface area contributed by atoms with Gasteiger partial charge in [-0.05, 0) is 13.8 Å². The lowest BCUT2D eigenvalue weighted by atomic mass is 10.1. The van der Waals surface area contributed by atoms with Gasteiger partial charge in [-0.25, -0.2) is 0 Å². The van der Waals surface area contributed by atoms with Crippen LogP contribution < -0.4 is 5.73 Å². The molecule has 2 N–H and O–H groups in total. The first-order valence-electron chi connectivity index (χ1n) is 3.85. The van der Waals surface area contributed by atoms with Gasteiger partial charge in [-0.1, -0.05) is 0 Å². The predicted octanol–water partition coefficient (Wildman–Crippen LogP) is 0.706. The molecule has 0 atom stereocenters. The van der Waals surface area contributed by atoms with Crippen LogP contribution in [0.25, 0.3) is 0 Å². The Hall–Kier alpha value is -1.98. The molecular weight excluding hydrogens is 186 g/mol. The second kappa shape index (κ2) is 3.41. The average Bonchev–Trinajstić information content (AvgIpc) is 2.02. The molecule has 0 saturated carbocycles. The van der Waals surface area contributed by atoms with Crippen molar-refractivity contribution in [3.05, 3.63) is 33.1 Å². The quantitative estimate of drug-likeness (QED) is 0.554. The van der Waals surface area contributed by atoms with E-state index in [0.717, 1.165) is 6.20 Å². The van der Waals surface area contributed by atoms with Crippen LogP contribution in [0.5, 0.6) is 0 Å². The number of hydrogen-bond donors (Lipinski definition) is 1. The van der Waals surface area contributed by atoms with Crippen LogP contribution >= 0.6 is 0 Å². The number of amides is 1. The third kappa shape index (κ3) is 1.54. The lowest BCUT2D eigenvalue weighted by Crippen LogP contribution is -2.16. The Morgan fingerprint density at radius 1 is 1.57 bits per heavy atom. The molecule has 0 aliphatic carbocycles. The van der Waals surface area contributed by atoms with Crippen LogP contribution in [0.1, 0.15) is 21.6 Å². The van der Waals surface area contributed by atoms with Crippen LogP contribution in [0.4, 0.5) is 5.69 Å². The Labute approximate surface area is 79.9 Å². The van der Waals surface area contributed by atoms with E-state index in [0.29, 0.717) is 5.69 Å². The molecule has 1 aromatic rings. The lowest BCUT2D eigenvalue weighted by molar-refractivity contribution is -0.385. The molecule has 0 aliphatic rings. The first kappa shape index (κ1) is 10.1. The monoisotopic (exact) mass is 195 g/mol. The van der Waals surface area contributed by atoms with Crippen molar-refractivity contribution in [2.24, 2.45) is 5.73 Å². The van der Waals surface area contributed by atoms with E-state index in [4.69, 9.17) is 5.73 Å². The molecule has 14 heavy (non-hydrogen) atoms.